The molecule has 74 valence electrons. The second-order valence-electron chi connectivity index (χ2n) is 6.22. The maximum absolute atomic E-state index is 6.38. The van der Waals surface area contributed by atoms with Crippen molar-refractivity contribution in [3.8, 4) is 0 Å². The molecule has 0 amide bonds. The summed E-state index contributed by atoms with van der Waals surface area (Å²) in [6.45, 7) is 10.5. The second kappa shape index (κ2) is 2.50. The Morgan fingerprint density at radius 1 is 1.15 bits per heavy atom. The number of hydrogen-bond acceptors (Lipinski definition) is 1. The van der Waals surface area contributed by atoms with Crippen LogP contribution in [0.3, 0.4) is 0 Å². The van der Waals surface area contributed by atoms with Crippen molar-refractivity contribution in [1.82, 2.24) is 0 Å². The van der Waals surface area contributed by atoms with E-state index in [2.05, 4.69) is 13.8 Å². The summed E-state index contributed by atoms with van der Waals surface area (Å²) in [5, 5.41) is 0. The van der Waals surface area contributed by atoms with Crippen molar-refractivity contribution in [2.75, 3.05) is 0 Å². The van der Waals surface area contributed by atoms with E-state index in [0.29, 0.717) is 10.8 Å². The Labute approximate surface area is 82.1 Å². The van der Waals surface area contributed by atoms with Gasteiger partial charge in [0, 0.05) is 5.54 Å². The number of rotatable bonds is 1. The normalized spacial score (nSPS) is 55.4. The first-order chi connectivity index (χ1) is 5.89. The first kappa shape index (κ1) is 9.51. The second-order valence-corrected chi connectivity index (χ2v) is 6.22. The minimum atomic E-state index is 0.112. The molecule has 0 spiro atoms. The van der Waals surface area contributed by atoms with Crippen LogP contribution in [0.2, 0.25) is 0 Å². The molecule has 0 aromatic rings. The molecule has 0 aromatic carbocycles. The Balaban J connectivity index is 2.25. The number of fused-ring (bicyclic) bond motifs is 2. The van der Waals surface area contributed by atoms with Gasteiger partial charge in [0.15, 0.2) is 0 Å². The van der Waals surface area contributed by atoms with Crippen LogP contribution in [0.4, 0.5) is 0 Å². The Morgan fingerprint density at radius 2 is 1.85 bits per heavy atom. The van der Waals surface area contributed by atoms with Crippen LogP contribution in [-0.4, -0.2) is 5.54 Å². The van der Waals surface area contributed by atoms with E-state index in [1.807, 2.05) is 0 Å². The van der Waals surface area contributed by atoms with E-state index >= 15 is 0 Å². The SMILES string of the molecule is [CH]CC1(C)CC2(C)CCC(N)(C1)C2. The van der Waals surface area contributed by atoms with Crippen molar-refractivity contribution in [2.24, 2.45) is 16.6 Å². The van der Waals surface area contributed by atoms with Crippen LogP contribution in [0, 0.1) is 17.8 Å². The highest BCUT2D eigenvalue weighted by molar-refractivity contribution is 5.08. The van der Waals surface area contributed by atoms with Crippen molar-refractivity contribution in [1.29, 1.82) is 0 Å². The Morgan fingerprint density at radius 3 is 2.38 bits per heavy atom. The summed E-state index contributed by atoms with van der Waals surface area (Å²) in [6.07, 6.45) is 6.93. The lowest BCUT2D eigenvalue weighted by Crippen LogP contribution is -2.47. The molecule has 2 radical (unpaired) electrons. The highest BCUT2D eigenvalue weighted by Crippen LogP contribution is 2.59. The lowest BCUT2D eigenvalue weighted by atomic mass is 9.61. The summed E-state index contributed by atoms with van der Waals surface area (Å²) in [6, 6.07) is 0. The Bertz CT molecular complexity index is 205. The van der Waals surface area contributed by atoms with Gasteiger partial charge < -0.3 is 5.73 Å². The molecule has 2 rings (SSSR count). The first-order valence-electron chi connectivity index (χ1n) is 5.38. The predicted molar refractivity (Wildman–Crippen MR) is 55.1 cm³/mol. The summed E-state index contributed by atoms with van der Waals surface area (Å²) >= 11 is 0. The highest BCUT2D eigenvalue weighted by atomic mass is 14.8. The van der Waals surface area contributed by atoms with Crippen molar-refractivity contribution in [2.45, 2.75) is 57.9 Å². The minimum absolute atomic E-state index is 0.112. The van der Waals surface area contributed by atoms with Gasteiger partial charge in [-0.05, 0) is 56.3 Å². The maximum atomic E-state index is 6.38. The average molecular weight is 179 g/mol. The van der Waals surface area contributed by atoms with Gasteiger partial charge in [-0.2, -0.15) is 0 Å². The summed E-state index contributed by atoms with van der Waals surface area (Å²) in [5.74, 6) is 0. The molecule has 2 aliphatic carbocycles. The molecule has 1 heteroatoms. The quantitative estimate of drug-likeness (QED) is 0.658. The van der Waals surface area contributed by atoms with E-state index in [9.17, 15) is 0 Å². The van der Waals surface area contributed by atoms with Gasteiger partial charge in [0.05, 0.1) is 0 Å². The molecule has 0 aliphatic heterocycles. The molecule has 1 nitrogen and oxygen atoms in total. The number of hydrogen-bond donors (Lipinski definition) is 1. The monoisotopic (exact) mass is 179 g/mol. The largest absolute Gasteiger partial charge is 0.325 e. The van der Waals surface area contributed by atoms with Gasteiger partial charge in [0.1, 0.15) is 0 Å². The van der Waals surface area contributed by atoms with Gasteiger partial charge in [0.2, 0.25) is 0 Å². The van der Waals surface area contributed by atoms with Gasteiger partial charge in [-0.15, -0.1) is 0 Å². The first-order valence-corrected chi connectivity index (χ1v) is 5.38. The van der Waals surface area contributed by atoms with Crippen molar-refractivity contribution in [3.05, 3.63) is 6.92 Å². The molecule has 0 saturated heterocycles. The summed E-state index contributed by atoms with van der Waals surface area (Å²) < 4.78 is 0. The summed E-state index contributed by atoms with van der Waals surface area (Å²) in [4.78, 5) is 0. The zero-order chi connectivity index (χ0) is 9.74. The summed E-state index contributed by atoms with van der Waals surface area (Å²) in [5.41, 5.74) is 7.28. The fraction of sp³-hybridized carbons (Fsp3) is 0.917. The zero-order valence-electron chi connectivity index (χ0n) is 8.90. The third-order valence-electron chi connectivity index (χ3n) is 4.13. The average Bonchev–Trinajstić information content (AvgIpc) is 2.21. The van der Waals surface area contributed by atoms with Crippen molar-refractivity contribution >= 4 is 0 Å². The van der Waals surface area contributed by atoms with E-state index in [-0.39, 0.29) is 5.54 Å². The van der Waals surface area contributed by atoms with Crippen LogP contribution in [0.25, 0.3) is 0 Å². The molecule has 2 saturated carbocycles. The standard InChI is InChI=1S/C12H21N/c1-4-10(2)7-11(3)5-6-12(13,8-10)9-11/h1H,4-9,13H2,2-3H3. The van der Waals surface area contributed by atoms with E-state index in [1.54, 1.807) is 0 Å². The molecule has 2 N–H and O–H groups in total. The zero-order valence-corrected chi connectivity index (χ0v) is 8.90. The van der Waals surface area contributed by atoms with E-state index in [1.165, 1.54) is 25.7 Å². The fourth-order valence-corrected chi connectivity index (χ4v) is 3.97. The van der Waals surface area contributed by atoms with Gasteiger partial charge in [-0.1, -0.05) is 13.8 Å². The van der Waals surface area contributed by atoms with Crippen LogP contribution in [-0.2, 0) is 0 Å². The molecule has 3 unspecified atom stereocenters. The van der Waals surface area contributed by atoms with Crippen molar-refractivity contribution < 1.29 is 0 Å². The molecule has 3 atom stereocenters. The van der Waals surface area contributed by atoms with Crippen LogP contribution >= 0.6 is 0 Å². The molecule has 2 fully saturated rings. The topological polar surface area (TPSA) is 26.0 Å². The molecular formula is C12H21N. The molecule has 0 aromatic heterocycles. The smallest absolute Gasteiger partial charge is 0.0165 e. The lowest BCUT2D eigenvalue weighted by Gasteiger charge is -2.46. The predicted octanol–water partition coefficient (Wildman–Crippen LogP) is 2.78. The Kier molecular flexibility index (Phi) is 1.83. The van der Waals surface area contributed by atoms with Crippen LogP contribution < -0.4 is 5.73 Å². The number of nitrogens with two attached hydrogens (primary N) is 1. The molecule has 0 heterocycles. The van der Waals surface area contributed by atoms with Gasteiger partial charge in [-0.3, -0.25) is 0 Å². The maximum Gasteiger partial charge on any atom is 0.0165 e. The Hall–Kier alpha value is -0.0400. The molecular weight excluding hydrogens is 158 g/mol. The third-order valence-corrected chi connectivity index (χ3v) is 4.13. The fourth-order valence-electron chi connectivity index (χ4n) is 3.97. The van der Waals surface area contributed by atoms with Crippen LogP contribution in [0.5, 0.6) is 0 Å². The lowest BCUT2D eigenvalue weighted by molar-refractivity contribution is 0.0784. The van der Waals surface area contributed by atoms with Gasteiger partial charge in [-0.25, -0.2) is 0 Å². The van der Waals surface area contributed by atoms with E-state index in [0.717, 1.165) is 12.8 Å². The summed E-state index contributed by atoms with van der Waals surface area (Å²) in [7, 11) is 0. The van der Waals surface area contributed by atoms with E-state index < -0.39 is 0 Å². The van der Waals surface area contributed by atoms with E-state index in [4.69, 9.17) is 12.7 Å². The highest BCUT2D eigenvalue weighted by Gasteiger charge is 2.52. The molecule has 2 bridgehead atoms. The van der Waals surface area contributed by atoms with Gasteiger partial charge in [0.25, 0.3) is 0 Å². The molecule has 13 heavy (non-hydrogen) atoms. The minimum Gasteiger partial charge on any atom is -0.325 e. The van der Waals surface area contributed by atoms with Crippen LogP contribution in [0.15, 0.2) is 0 Å². The van der Waals surface area contributed by atoms with Gasteiger partial charge >= 0.3 is 0 Å². The van der Waals surface area contributed by atoms with Crippen LogP contribution in [0.1, 0.15) is 52.4 Å². The molecule has 2 aliphatic rings. The third kappa shape index (κ3) is 1.52. The van der Waals surface area contributed by atoms with Crippen molar-refractivity contribution in [3.63, 3.8) is 0 Å².